The van der Waals surface area contributed by atoms with Crippen molar-refractivity contribution in [2.24, 2.45) is 5.73 Å². The summed E-state index contributed by atoms with van der Waals surface area (Å²) in [5.41, 5.74) is 5.57. The minimum atomic E-state index is -0.180. The minimum Gasteiger partial charge on any atom is -0.339 e. The van der Waals surface area contributed by atoms with Gasteiger partial charge in [0.2, 0.25) is 5.89 Å². The van der Waals surface area contributed by atoms with Gasteiger partial charge in [0.15, 0.2) is 5.82 Å². The van der Waals surface area contributed by atoms with Gasteiger partial charge < -0.3 is 10.3 Å². The Morgan fingerprint density at radius 3 is 2.75 bits per heavy atom. The Morgan fingerprint density at radius 2 is 2.19 bits per heavy atom. The lowest BCUT2D eigenvalue weighted by molar-refractivity contribution is 0.289. The third kappa shape index (κ3) is 3.22. The fourth-order valence-electron chi connectivity index (χ4n) is 1.25. The van der Waals surface area contributed by atoms with E-state index in [1.54, 1.807) is 0 Å². The van der Waals surface area contributed by atoms with Crippen LogP contribution in [0.15, 0.2) is 4.52 Å². The van der Waals surface area contributed by atoms with Crippen LogP contribution >= 0.6 is 11.8 Å². The van der Waals surface area contributed by atoms with Gasteiger partial charge in [0.25, 0.3) is 0 Å². The van der Waals surface area contributed by atoms with Crippen LogP contribution in [0.2, 0.25) is 0 Å². The molecule has 0 radical (unpaired) electrons. The van der Waals surface area contributed by atoms with Crippen molar-refractivity contribution in [1.82, 2.24) is 10.1 Å². The van der Waals surface area contributed by atoms with Gasteiger partial charge in [0, 0.05) is 6.54 Å². The number of thioether (sulfide) groups is 1. The summed E-state index contributed by atoms with van der Waals surface area (Å²) in [5.74, 6) is 3.40. The molecule has 16 heavy (non-hydrogen) atoms. The average molecular weight is 243 g/mol. The highest BCUT2D eigenvalue weighted by molar-refractivity contribution is 7.98. The van der Waals surface area contributed by atoms with E-state index in [9.17, 15) is 0 Å². The largest absolute Gasteiger partial charge is 0.339 e. The number of hydrogen-bond acceptors (Lipinski definition) is 5. The summed E-state index contributed by atoms with van der Waals surface area (Å²) in [6.45, 7) is 6.84. The third-order valence-corrected chi connectivity index (χ3v) is 3.95. The van der Waals surface area contributed by atoms with E-state index >= 15 is 0 Å². The summed E-state index contributed by atoms with van der Waals surface area (Å²) in [7, 11) is 0. The summed E-state index contributed by atoms with van der Waals surface area (Å²) in [5, 5.41) is 3.99. The van der Waals surface area contributed by atoms with Crippen LogP contribution in [0, 0.1) is 0 Å². The SMILES string of the molecule is CCCSCc1noc(C(C)(CC)CN)n1. The van der Waals surface area contributed by atoms with Gasteiger partial charge in [-0.3, -0.25) is 0 Å². The van der Waals surface area contributed by atoms with Crippen LogP contribution in [0.25, 0.3) is 0 Å². The first-order valence-electron chi connectivity index (χ1n) is 5.77. The standard InChI is InChI=1S/C11H21N3OS/c1-4-6-16-7-9-13-10(15-14-9)11(3,5-2)8-12/h4-8,12H2,1-3H3. The van der Waals surface area contributed by atoms with Gasteiger partial charge in [-0.2, -0.15) is 16.7 Å². The Kier molecular flexibility index (Phi) is 5.28. The first kappa shape index (κ1) is 13.5. The van der Waals surface area contributed by atoms with Crippen molar-refractivity contribution in [1.29, 1.82) is 0 Å². The lowest BCUT2D eigenvalue weighted by atomic mass is 9.88. The maximum Gasteiger partial charge on any atom is 0.233 e. The van der Waals surface area contributed by atoms with Gasteiger partial charge in [-0.25, -0.2) is 0 Å². The summed E-state index contributed by atoms with van der Waals surface area (Å²) in [4.78, 5) is 4.42. The molecule has 1 atom stereocenters. The van der Waals surface area contributed by atoms with E-state index in [1.165, 1.54) is 6.42 Å². The number of nitrogens with two attached hydrogens (primary N) is 1. The molecular formula is C11H21N3OS. The van der Waals surface area contributed by atoms with E-state index in [2.05, 4.69) is 30.9 Å². The lowest BCUT2D eigenvalue weighted by Crippen LogP contribution is -2.31. The molecule has 0 bridgehead atoms. The summed E-state index contributed by atoms with van der Waals surface area (Å²) in [6, 6.07) is 0. The van der Waals surface area contributed by atoms with Crippen molar-refractivity contribution in [3.63, 3.8) is 0 Å². The summed E-state index contributed by atoms with van der Waals surface area (Å²) < 4.78 is 5.29. The Balaban J connectivity index is 2.63. The van der Waals surface area contributed by atoms with E-state index in [-0.39, 0.29) is 5.41 Å². The second-order valence-electron chi connectivity index (χ2n) is 4.19. The molecule has 0 aliphatic carbocycles. The third-order valence-electron chi connectivity index (χ3n) is 2.79. The number of hydrogen-bond donors (Lipinski definition) is 1. The van der Waals surface area contributed by atoms with Crippen molar-refractivity contribution in [3.05, 3.63) is 11.7 Å². The molecule has 0 amide bonds. The first-order chi connectivity index (χ1) is 7.66. The fraction of sp³-hybridized carbons (Fsp3) is 0.818. The molecule has 0 saturated carbocycles. The predicted molar refractivity (Wildman–Crippen MR) is 67.4 cm³/mol. The molecule has 0 aliphatic heterocycles. The number of aromatic nitrogens is 2. The molecule has 1 heterocycles. The van der Waals surface area contributed by atoms with Crippen molar-refractivity contribution in [3.8, 4) is 0 Å². The van der Waals surface area contributed by atoms with Crippen LogP contribution < -0.4 is 5.73 Å². The Morgan fingerprint density at radius 1 is 1.44 bits per heavy atom. The normalized spacial score (nSPS) is 15.0. The van der Waals surface area contributed by atoms with E-state index in [1.807, 2.05) is 11.8 Å². The fourth-order valence-corrected chi connectivity index (χ4v) is 1.98. The van der Waals surface area contributed by atoms with E-state index in [4.69, 9.17) is 10.3 Å². The van der Waals surface area contributed by atoms with Crippen LogP contribution in [0.4, 0.5) is 0 Å². The number of rotatable bonds is 7. The van der Waals surface area contributed by atoms with Crippen molar-refractivity contribution >= 4 is 11.8 Å². The molecule has 0 aromatic carbocycles. The van der Waals surface area contributed by atoms with Gasteiger partial charge in [0.05, 0.1) is 11.2 Å². The highest BCUT2D eigenvalue weighted by Crippen LogP contribution is 2.25. The maximum absolute atomic E-state index is 5.75. The van der Waals surface area contributed by atoms with Crippen LogP contribution in [-0.2, 0) is 11.2 Å². The molecule has 4 nitrogen and oxygen atoms in total. The topological polar surface area (TPSA) is 64.9 Å². The minimum absolute atomic E-state index is 0.180. The van der Waals surface area contributed by atoms with E-state index in [0.29, 0.717) is 12.4 Å². The molecule has 0 saturated heterocycles. The Hall–Kier alpha value is -0.550. The molecule has 0 aliphatic rings. The molecule has 1 aromatic heterocycles. The van der Waals surface area contributed by atoms with Gasteiger partial charge in [-0.1, -0.05) is 19.0 Å². The molecule has 1 aromatic rings. The highest BCUT2D eigenvalue weighted by atomic mass is 32.2. The van der Waals surface area contributed by atoms with Crippen molar-refractivity contribution < 1.29 is 4.52 Å². The Bertz CT molecular complexity index is 310. The Labute approximate surface area is 101 Å². The van der Waals surface area contributed by atoms with Gasteiger partial charge in [0.1, 0.15) is 0 Å². The second kappa shape index (κ2) is 6.25. The molecule has 5 heteroatoms. The monoisotopic (exact) mass is 243 g/mol. The average Bonchev–Trinajstić information content (AvgIpc) is 2.78. The zero-order valence-electron chi connectivity index (χ0n) is 10.3. The molecular weight excluding hydrogens is 222 g/mol. The zero-order valence-corrected chi connectivity index (χ0v) is 11.1. The lowest BCUT2D eigenvalue weighted by Gasteiger charge is -2.20. The first-order valence-corrected chi connectivity index (χ1v) is 6.92. The van der Waals surface area contributed by atoms with Crippen LogP contribution in [-0.4, -0.2) is 22.4 Å². The van der Waals surface area contributed by atoms with Gasteiger partial charge >= 0.3 is 0 Å². The van der Waals surface area contributed by atoms with Gasteiger partial charge in [-0.15, -0.1) is 0 Å². The molecule has 2 N–H and O–H groups in total. The molecule has 1 rings (SSSR count). The van der Waals surface area contributed by atoms with Crippen LogP contribution in [0.3, 0.4) is 0 Å². The van der Waals surface area contributed by atoms with Crippen molar-refractivity contribution in [2.75, 3.05) is 12.3 Å². The summed E-state index contributed by atoms with van der Waals surface area (Å²) >= 11 is 1.83. The van der Waals surface area contributed by atoms with Crippen molar-refractivity contribution in [2.45, 2.75) is 44.8 Å². The molecule has 0 fully saturated rings. The molecule has 1 unspecified atom stereocenters. The second-order valence-corrected chi connectivity index (χ2v) is 5.29. The summed E-state index contributed by atoms with van der Waals surface area (Å²) in [6.07, 6.45) is 2.08. The van der Waals surface area contributed by atoms with Crippen LogP contribution in [0.1, 0.15) is 45.3 Å². The quantitative estimate of drug-likeness (QED) is 0.745. The zero-order chi connectivity index (χ0) is 12.0. The van der Waals surface area contributed by atoms with Gasteiger partial charge in [-0.05, 0) is 25.5 Å². The van der Waals surface area contributed by atoms with Crippen LogP contribution in [0.5, 0.6) is 0 Å². The number of nitrogens with zero attached hydrogens (tertiary/aromatic N) is 2. The predicted octanol–water partition coefficient (Wildman–Crippen LogP) is 2.34. The molecule has 92 valence electrons. The maximum atomic E-state index is 5.75. The van der Waals surface area contributed by atoms with E-state index in [0.717, 1.165) is 23.8 Å². The smallest absolute Gasteiger partial charge is 0.233 e. The highest BCUT2D eigenvalue weighted by Gasteiger charge is 2.29. The van der Waals surface area contributed by atoms with E-state index < -0.39 is 0 Å². The molecule has 0 spiro atoms.